The minimum absolute atomic E-state index is 0.362. The maximum atomic E-state index is 13.9. The van der Waals surface area contributed by atoms with E-state index in [0.717, 1.165) is 0 Å². The topological polar surface area (TPSA) is 76.9 Å². The molecule has 0 radical (unpaired) electrons. The highest BCUT2D eigenvalue weighted by molar-refractivity contribution is 7.89. The zero-order valence-electron chi connectivity index (χ0n) is 12.7. The minimum Gasteiger partial charge on any atom is -0.249 e. The van der Waals surface area contributed by atoms with Crippen molar-refractivity contribution in [1.29, 1.82) is 0 Å². The Hall–Kier alpha value is -1.80. The molecule has 0 saturated carbocycles. The number of nitrogens with zero attached hydrogens (tertiary/aromatic N) is 3. The summed E-state index contributed by atoms with van der Waals surface area (Å²) in [4.78, 5) is 3.74. The normalized spacial score (nSPS) is 13.3. The lowest BCUT2D eigenvalue weighted by Crippen LogP contribution is -2.31. The van der Waals surface area contributed by atoms with E-state index in [-0.39, 0.29) is 4.90 Å². The van der Waals surface area contributed by atoms with E-state index < -0.39 is 21.9 Å². The molecular formula is C14H19FN4O2S. The first-order valence-corrected chi connectivity index (χ1v) is 8.53. The van der Waals surface area contributed by atoms with Gasteiger partial charge in [0.05, 0.1) is 6.04 Å². The predicted octanol–water partition coefficient (Wildman–Crippen LogP) is 2.18. The van der Waals surface area contributed by atoms with Crippen molar-refractivity contribution >= 4 is 10.0 Å². The Morgan fingerprint density at radius 3 is 2.68 bits per heavy atom. The number of aryl methyl sites for hydroxylation is 2. The molecule has 1 heterocycles. The third-order valence-electron chi connectivity index (χ3n) is 3.34. The zero-order chi connectivity index (χ0) is 16.3. The fraction of sp³-hybridized carbons (Fsp3) is 0.429. The van der Waals surface area contributed by atoms with Crippen molar-refractivity contribution in [3.8, 4) is 0 Å². The lowest BCUT2D eigenvalue weighted by atomic mass is 10.2. The van der Waals surface area contributed by atoms with E-state index in [1.54, 1.807) is 17.7 Å². The van der Waals surface area contributed by atoms with E-state index in [1.807, 2.05) is 13.8 Å². The minimum atomic E-state index is -3.98. The van der Waals surface area contributed by atoms with Gasteiger partial charge >= 0.3 is 0 Å². The molecule has 22 heavy (non-hydrogen) atoms. The number of benzene rings is 1. The zero-order valence-corrected chi connectivity index (χ0v) is 13.6. The molecule has 0 aliphatic heterocycles. The van der Waals surface area contributed by atoms with Crippen molar-refractivity contribution in [1.82, 2.24) is 19.5 Å². The molecule has 0 aliphatic carbocycles. The van der Waals surface area contributed by atoms with Gasteiger partial charge in [-0.15, -0.1) is 0 Å². The SMILES string of the molecule is CC[C@H](NS(=O)(=O)c1ccc(C)cc1F)c1ncnn1CC. The van der Waals surface area contributed by atoms with Gasteiger partial charge in [-0.1, -0.05) is 13.0 Å². The van der Waals surface area contributed by atoms with Gasteiger partial charge in [-0.2, -0.15) is 5.10 Å². The molecule has 0 bridgehead atoms. The molecule has 6 nitrogen and oxygen atoms in total. The van der Waals surface area contributed by atoms with Crippen LogP contribution < -0.4 is 4.72 Å². The Morgan fingerprint density at radius 1 is 1.36 bits per heavy atom. The predicted molar refractivity (Wildman–Crippen MR) is 80.2 cm³/mol. The molecule has 2 aromatic rings. The Labute approximate surface area is 129 Å². The largest absolute Gasteiger partial charge is 0.249 e. The van der Waals surface area contributed by atoms with Gasteiger partial charge in [-0.05, 0) is 38.0 Å². The molecule has 1 aromatic heterocycles. The first-order chi connectivity index (χ1) is 10.4. The molecule has 1 aromatic carbocycles. The second-order valence-corrected chi connectivity index (χ2v) is 6.63. The van der Waals surface area contributed by atoms with Crippen LogP contribution >= 0.6 is 0 Å². The van der Waals surface area contributed by atoms with Gasteiger partial charge in [0.2, 0.25) is 10.0 Å². The van der Waals surface area contributed by atoms with Crippen LogP contribution in [0.15, 0.2) is 29.4 Å². The summed E-state index contributed by atoms with van der Waals surface area (Å²) < 4.78 is 42.9. The molecule has 1 atom stereocenters. The van der Waals surface area contributed by atoms with Gasteiger partial charge in [0.1, 0.15) is 22.9 Å². The Bertz CT molecular complexity index is 758. The molecule has 1 N–H and O–H groups in total. The summed E-state index contributed by atoms with van der Waals surface area (Å²) >= 11 is 0. The van der Waals surface area contributed by atoms with E-state index >= 15 is 0 Å². The summed E-state index contributed by atoms with van der Waals surface area (Å²) in [5.74, 6) is -0.250. The molecule has 0 saturated heterocycles. The van der Waals surface area contributed by atoms with E-state index in [0.29, 0.717) is 24.4 Å². The molecule has 0 unspecified atom stereocenters. The van der Waals surface area contributed by atoms with Gasteiger partial charge in [0.25, 0.3) is 0 Å². The highest BCUT2D eigenvalue weighted by Gasteiger charge is 2.25. The summed E-state index contributed by atoms with van der Waals surface area (Å²) in [6.45, 7) is 5.99. The highest BCUT2D eigenvalue weighted by Crippen LogP contribution is 2.21. The van der Waals surface area contributed by atoms with Gasteiger partial charge in [0, 0.05) is 6.54 Å². The van der Waals surface area contributed by atoms with Crippen LogP contribution in [-0.4, -0.2) is 23.2 Å². The van der Waals surface area contributed by atoms with E-state index in [4.69, 9.17) is 0 Å². The van der Waals surface area contributed by atoms with Crippen molar-refractivity contribution in [2.45, 2.75) is 44.7 Å². The summed E-state index contributed by atoms with van der Waals surface area (Å²) in [6.07, 6.45) is 1.85. The van der Waals surface area contributed by atoms with Crippen LogP contribution in [0.4, 0.5) is 4.39 Å². The fourth-order valence-corrected chi connectivity index (χ4v) is 3.52. The third kappa shape index (κ3) is 3.33. The van der Waals surface area contributed by atoms with Gasteiger partial charge in [0.15, 0.2) is 0 Å². The molecular weight excluding hydrogens is 307 g/mol. The second kappa shape index (κ2) is 6.53. The molecule has 0 spiro atoms. The fourth-order valence-electron chi connectivity index (χ4n) is 2.18. The summed E-state index contributed by atoms with van der Waals surface area (Å²) in [5.41, 5.74) is 0.661. The van der Waals surface area contributed by atoms with Gasteiger partial charge < -0.3 is 0 Å². The summed E-state index contributed by atoms with van der Waals surface area (Å²) in [6, 6.07) is 3.47. The van der Waals surface area contributed by atoms with Crippen LogP contribution in [0.1, 0.15) is 37.7 Å². The van der Waals surface area contributed by atoms with Crippen LogP contribution in [0.2, 0.25) is 0 Å². The number of hydrogen-bond acceptors (Lipinski definition) is 4. The number of hydrogen-bond donors (Lipinski definition) is 1. The van der Waals surface area contributed by atoms with Crippen molar-refractivity contribution in [3.63, 3.8) is 0 Å². The van der Waals surface area contributed by atoms with Crippen molar-refractivity contribution < 1.29 is 12.8 Å². The van der Waals surface area contributed by atoms with E-state index in [9.17, 15) is 12.8 Å². The molecule has 0 amide bonds. The first-order valence-electron chi connectivity index (χ1n) is 7.05. The number of sulfonamides is 1. The number of nitrogens with one attached hydrogen (secondary N) is 1. The quantitative estimate of drug-likeness (QED) is 0.882. The molecule has 0 fully saturated rings. The lowest BCUT2D eigenvalue weighted by molar-refractivity contribution is 0.498. The van der Waals surface area contributed by atoms with Gasteiger partial charge in [-0.25, -0.2) is 27.2 Å². The molecule has 0 aliphatic rings. The second-order valence-electron chi connectivity index (χ2n) is 4.95. The Kier molecular flexibility index (Phi) is 4.92. The van der Waals surface area contributed by atoms with Crippen LogP contribution in [0.25, 0.3) is 0 Å². The van der Waals surface area contributed by atoms with Crippen LogP contribution in [-0.2, 0) is 16.6 Å². The highest BCUT2D eigenvalue weighted by atomic mass is 32.2. The summed E-state index contributed by atoms with van der Waals surface area (Å²) in [7, 11) is -3.98. The van der Waals surface area contributed by atoms with Gasteiger partial charge in [-0.3, -0.25) is 0 Å². The van der Waals surface area contributed by atoms with Crippen LogP contribution in [0.5, 0.6) is 0 Å². The maximum Gasteiger partial charge on any atom is 0.244 e. The third-order valence-corrected chi connectivity index (χ3v) is 4.84. The molecule has 120 valence electrons. The Balaban J connectivity index is 2.34. The average molecular weight is 326 g/mol. The summed E-state index contributed by atoms with van der Waals surface area (Å²) in [5, 5.41) is 4.03. The van der Waals surface area contributed by atoms with Crippen molar-refractivity contribution in [2.24, 2.45) is 0 Å². The standard InChI is InChI=1S/C14H19FN4O2S/c1-4-12(14-16-9-17-19(14)5-2)18-22(20,21)13-7-6-10(3)8-11(13)15/h6-9,12,18H,4-5H2,1-3H3/t12-/m0/s1. The monoisotopic (exact) mass is 326 g/mol. The molecule has 8 heteroatoms. The van der Waals surface area contributed by atoms with E-state index in [1.165, 1.54) is 18.5 Å². The van der Waals surface area contributed by atoms with Crippen molar-refractivity contribution in [2.75, 3.05) is 0 Å². The first kappa shape index (κ1) is 16.6. The van der Waals surface area contributed by atoms with E-state index in [2.05, 4.69) is 14.8 Å². The number of halogens is 1. The number of aromatic nitrogens is 3. The van der Waals surface area contributed by atoms with Crippen molar-refractivity contribution in [3.05, 3.63) is 41.7 Å². The average Bonchev–Trinajstić information content (AvgIpc) is 2.92. The Morgan fingerprint density at radius 2 is 2.09 bits per heavy atom. The van der Waals surface area contributed by atoms with Crippen LogP contribution in [0.3, 0.4) is 0 Å². The number of rotatable bonds is 6. The maximum absolute atomic E-state index is 13.9. The smallest absolute Gasteiger partial charge is 0.244 e. The lowest BCUT2D eigenvalue weighted by Gasteiger charge is -2.17. The van der Waals surface area contributed by atoms with Crippen LogP contribution in [0, 0.1) is 12.7 Å². The molecule has 2 rings (SSSR count).